The molecule has 1 aromatic carbocycles. The Balaban J connectivity index is 2.22. The van der Waals surface area contributed by atoms with Crippen LogP contribution in [0.15, 0.2) is 24.3 Å². The molecule has 1 fully saturated rings. The highest BCUT2D eigenvalue weighted by Gasteiger charge is 2.27. The maximum absolute atomic E-state index is 11.2. The molecule has 0 aliphatic carbocycles. The van der Waals surface area contributed by atoms with Crippen LogP contribution in [-0.2, 0) is 10.0 Å². The molecule has 1 atom stereocenters. The van der Waals surface area contributed by atoms with Crippen molar-refractivity contribution in [2.75, 3.05) is 5.75 Å². The first-order valence-electron chi connectivity index (χ1n) is 4.63. The fourth-order valence-electron chi connectivity index (χ4n) is 1.64. The van der Waals surface area contributed by atoms with Crippen LogP contribution in [0.1, 0.15) is 23.6 Å². The summed E-state index contributed by atoms with van der Waals surface area (Å²) in [5.74, 6) is 0.242. The van der Waals surface area contributed by atoms with Gasteiger partial charge in [0.15, 0.2) is 0 Å². The average Bonchev–Trinajstić information content (AvgIpc) is 2.47. The molecule has 0 amide bonds. The van der Waals surface area contributed by atoms with Crippen molar-refractivity contribution in [1.29, 1.82) is 0 Å². The lowest BCUT2D eigenvalue weighted by molar-refractivity contribution is 0.586. The number of rotatable bonds is 1. The van der Waals surface area contributed by atoms with Crippen molar-refractivity contribution in [1.82, 2.24) is 4.72 Å². The molecule has 2 rings (SSSR count). The maximum atomic E-state index is 11.2. The Morgan fingerprint density at radius 2 is 1.93 bits per heavy atom. The predicted molar refractivity (Wildman–Crippen MR) is 55.5 cm³/mol. The van der Waals surface area contributed by atoms with E-state index in [-0.39, 0.29) is 11.8 Å². The number of aryl methyl sites for hydroxylation is 1. The first-order chi connectivity index (χ1) is 6.57. The fourth-order valence-corrected chi connectivity index (χ4v) is 2.99. The van der Waals surface area contributed by atoms with Gasteiger partial charge in [0.1, 0.15) is 0 Å². The van der Waals surface area contributed by atoms with Gasteiger partial charge in [-0.3, -0.25) is 0 Å². The van der Waals surface area contributed by atoms with Crippen LogP contribution in [0.25, 0.3) is 0 Å². The SMILES string of the molecule is Cc1ccc([C@H]2CCS(=O)(=O)N2)cc1. The molecular formula is C10H13NO2S. The summed E-state index contributed by atoms with van der Waals surface area (Å²) in [6.45, 7) is 2.02. The monoisotopic (exact) mass is 211 g/mol. The van der Waals surface area contributed by atoms with Crippen LogP contribution in [0.5, 0.6) is 0 Å². The van der Waals surface area contributed by atoms with E-state index in [0.29, 0.717) is 6.42 Å². The van der Waals surface area contributed by atoms with Gasteiger partial charge < -0.3 is 0 Å². The second-order valence-corrected chi connectivity index (χ2v) is 5.56. The molecule has 1 heterocycles. The molecule has 0 saturated carbocycles. The predicted octanol–water partition coefficient (Wildman–Crippen LogP) is 1.36. The van der Waals surface area contributed by atoms with Gasteiger partial charge in [-0.15, -0.1) is 0 Å². The summed E-state index contributed by atoms with van der Waals surface area (Å²) in [7, 11) is -3.00. The molecule has 1 saturated heterocycles. The molecule has 3 nitrogen and oxygen atoms in total. The molecule has 14 heavy (non-hydrogen) atoms. The molecule has 76 valence electrons. The molecule has 0 unspecified atom stereocenters. The van der Waals surface area contributed by atoms with Crippen molar-refractivity contribution in [3.8, 4) is 0 Å². The van der Waals surface area contributed by atoms with E-state index in [1.807, 2.05) is 31.2 Å². The molecule has 0 radical (unpaired) electrons. The molecule has 4 heteroatoms. The Bertz CT molecular complexity index is 422. The average molecular weight is 211 g/mol. The lowest BCUT2D eigenvalue weighted by atomic mass is 10.0. The third-order valence-electron chi connectivity index (χ3n) is 2.48. The molecule has 0 spiro atoms. The lowest BCUT2D eigenvalue weighted by Crippen LogP contribution is -2.19. The zero-order valence-corrected chi connectivity index (χ0v) is 8.84. The molecular weight excluding hydrogens is 198 g/mol. The second-order valence-electron chi connectivity index (χ2n) is 3.69. The molecule has 1 aromatic rings. The van der Waals surface area contributed by atoms with E-state index in [0.717, 1.165) is 5.56 Å². The highest BCUT2D eigenvalue weighted by Crippen LogP contribution is 2.23. The number of hydrogen-bond acceptors (Lipinski definition) is 2. The Kier molecular flexibility index (Phi) is 2.33. The first kappa shape index (κ1) is 9.68. The van der Waals surface area contributed by atoms with Crippen LogP contribution in [0, 0.1) is 6.92 Å². The standard InChI is InChI=1S/C10H13NO2S/c1-8-2-4-9(5-3-8)10-6-7-14(12,13)11-10/h2-5,10-11H,6-7H2,1H3/t10-/m1/s1. The Hall–Kier alpha value is -0.870. The summed E-state index contributed by atoms with van der Waals surface area (Å²) < 4.78 is 25.0. The highest BCUT2D eigenvalue weighted by atomic mass is 32.2. The summed E-state index contributed by atoms with van der Waals surface area (Å²) in [6.07, 6.45) is 0.672. The van der Waals surface area contributed by atoms with E-state index < -0.39 is 10.0 Å². The number of benzene rings is 1. The van der Waals surface area contributed by atoms with E-state index in [9.17, 15) is 8.42 Å². The fraction of sp³-hybridized carbons (Fsp3) is 0.400. The zero-order valence-electron chi connectivity index (χ0n) is 8.03. The van der Waals surface area contributed by atoms with Crippen molar-refractivity contribution in [3.63, 3.8) is 0 Å². The second kappa shape index (κ2) is 3.37. The normalized spacial score (nSPS) is 25.1. The third-order valence-corrected chi connectivity index (χ3v) is 3.89. The molecule has 1 N–H and O–H groups in total. The van der Waals surface area contributed by atoms with Gasteiger partial charge in [0.2, 0.25) is 10.0 Å². The zero-order chi connectivity index (χ0) is 10.2. The first-order valence-corrected chi connectivity index (χ1v) is 6.29. The van der Waals surface area contributed by atoms with Gasteiger partial charge >= 0.3 is 0 Å². The van der Waals surface area contributed by atoms with E-state index in [1.54, 1.807) is 0 Å². The Morgan fingerprint density at radius 1 is 1.29 bits per heavy atom. The topological polar surface area (TPSA) is 46.2 Å². The van der Waals surface area contributed by atoms with Gasteiger partial charge in [0.25, 0.3) is 0 Å². The van der Waals surface area contributed by atoms with Crippen LogP contribution in [0.4, 0.5) is 0 Å². The van der Waals surface area contributed by atoms with Crippen LogP contribution in [0.2, 0.25) is 0 Å². The third kappa shape index (κ3) is 1.96. The molecule has 0 aromatic heterocycles. The van der Waals surface area contributed by atoms with E-state index in [1.165, 1.54) is 5.56 Å². The summed E-state index contributed by atoms with van der Waals surface area (Å²) in [5, 5.41) is 0. The largest absolute Gasteiger partial charge is 0.212 e. The van der Waals surface area contributed by atoms with Crippen LogP contribution < -0.4 is 4.72 Å². The van der Waals surface area contributed by atoms with Gasteiger partial charge in [-0.25, -0.2) is 13.1 Å². The minimum atomic E-state index is -3.00. The van der Waals surface area contributed by atoms with Gasteiger partial charge in [0, 0.05) is 6.04 Å². The smallest absolute Gasteiger partial charge is 0.212 e. The number of hydrogen-bond donors (Lipinski definition) is 1. The van der Waals surface area contributed by atoms with Crippen LogP contribution >= 0.6 is 0 Å². The van der Waals surface area contributed by atoms with Crippen molar-refractivity contribution in [3.05, 3.63) is 35.4 Å². The van der Waals surface area contributed by atoms with Crippen molar-refractivity contribution in [2.45, 2.75) is 19.4 Å². The van der Waals surface area contributed by atoms with Crippen LogP contribution in [0.3, 0.4) is 0 Å². The molecule has 1 aliphatic heterocycles. The van der Waals surface area contributed by atoms with Gasteiger partial charge in [0.05, 0.1) is 5.75 Å². The van der Waals surface area contributed by atoms with Gasteiger partial charge in [-0.1, -0.05) is 29.8 Å². The Morgan fingerprint density at radius 3 is 2.43 bits per heavy atom. The van der Waals surface area contributed by atoms with Gasteiger partial charge in [-0.05, 0) is 18.9 Å². The van der Waals surface area contributed by atoms with Crippen molar-refractivity contribution >= 4 is 10.0 Å². The molecule has 0 bridgehead atoms. The van der Waals surface area contributed by atoms with Gasteiger partial charge in [-0.2, -0.15) is 0 Å². The van der Waals surface area contributed by atoms with Crippen molar-refractivity contribution < 1.29 is 8.42 Å². The molecule has 1 aliphatic rings. The minimum Gasteiger partial charge on any atom is -0.212 e. The number of nitrogens with one attached hydrogen (secondary N) is 1. The summed E-state index contributed by atoms with van der Waals surface area (Å²) in [4.78, 5) is 0. The van der Waals surface area contributed by atoms with E-state index in [2.05, 4.69) is 4.72 Å². The highest BCUT2D eigenvalue weighted by molar-refractivity contribution is 7.89. The quantitative estimate of drug-likeness (QED) is 0.762. The Labute approximate surface area is 84.2 Å². The van der Waals surface area contributed by atoms with E-state index in [4.69, 9.17) is 0 Å². The minimum absolute atomic E-state index is 0.0272. The van der Waals surface area contributed by atoms with E-state index >= 15 is 0 Å². The van der Waals surface area contributed by atoms with Crippen LogP contribution in [-0.4, -0.2) is 14.2 Å². The maximum Gasteiger partial charge on any atom is 0.212 e. The lowest BCUT2D eigenvalue weighted by Gasteiger charge is -2.08. The summed E-state index contributed by atoms with van der Waals surface area (Å²) in [5.41, 5.74) is 2.24. The number of sulfonamides is 1. The summed E-state index contributed by atoms with van der Waals surface area (Å²) >= 11 is 0. The van der Waals surface area contributed by atoms with Crippen molar-refractivity contribution in [2.24, 2.45) is 0 Å². The summed E-state index contributed by atoms with van der Waals surface area (Å²) in [6, 6.07) is 7.94.